The molecule has 0 aliphatic rings. The standard InChI is InChI=1S/C22H16F2N2O4S/c1-26-12-18(15-7-8-25-11-17(15)22(26)27)16-10-14(31(2,28)29)4-6-20(16)30-21-5-3-13(23)9-19(21)24/h3-12H,1-2H3. The first kappa shape index (κ1) is 20.7. The quantitative estimate of drug-likeness (QED) is 0.476. The highest BCUT2D eigenvalue weighted by Crippen LogP contribution is 2.38. The minimum atomic E-state index is -3.57. The van der Waals surface area contributed by atoms with Crippen molar-refractivity contribution in [3.8, 4) is 22.6 Å². The van der Waals surface area contributed by atoms with Crippen molar-refractivity contribution < 1.29 is 21.9 Å². The first-order valence-electron chi connectivity index (χ1n) is 9.06. The maximum atomic E-state index is 14.2. The molecule has 0 N–H and O–H groups in total. The van der Waals surface area contributed by atoms with Gasteiger partial charge in [-0.25, -0.2) is 17.2 Å². The van der Waals surface area contributed by atoms with Gasteiger partial charge < -0.3 is 9.30 Å². The number of hydrogen-bond donors (Lipinski definition) is 0. The topological polar surface area (TPSA) is 78.3 Å². The minimum Gasteiger partial charge on any atom is -0.454 e. The van der Waals surface area contributed by atoms with Gasteiger partial charge in [0.05, 0.1) is 10.3 Å². The normalized spacial score (nSPS) is 11.6. The monoisotopic (exact) mass is 442 g/mol. The van der Waals surface area contributed by atoms with Crippen LogP contribution in [0.1, 0.15) is 0 Å². The van der Waals surface area contributed by atoms with Gasteiger partial charge in [0, 0.05) is 49.1 Å². The number of benzene rings is 2. The minimum absolute atomic E-state index is 0.0190. The first-order chi connectivity index (χ1) is 14.6. The SMILES string of the molecule is Cn1cc(-c2cc(S(C)(=O)=O)ccc2Oc2ccc(F)cc2F)c2ccncc2c1=O. The van der Waals surface area contributed by atoms with Crippen LogP contribution in [0, 0.1) is 11.6 Å². The highest BCUT2D eigenvalue weighted by molar-refractivity contribution is 7.90. The smallest absolute Gasteiger partial charge is 0.259 e. The molecule has 4 rings (SSSR count). The number of rotatable bonds is 4. The lowest BCUT2D eigenvalue weighted by Crippen LogP contribution is -2.16. The molecule has 0 aliphatic heterocycles. The number of fused-ring (bicyclic) bond motifs is 1. The first-order valence-corrected chi connectivity index (χ1v) is 10.9. The summed E-state index contributed by atoms with van der Waals surface area (Å²) in [6.07, 6.45) is 5.53. The molecule has 2 aromatic carbocycles. The number of halogens is 2. The van der Waals surface area contributed by atoms with E-state index in [-0.39, 0.29) is 22.0 Å². The molecule has 0 radical (unpaired) electrons. The molecule has 4 aromatic rings. The Kier molecular flexibility index (Phi) is 5.06. The van der Waals surface area contributed by atoms with E-state index in [0.717, 1.165) is 18.4 Å². The largest absolute Gasteiger partial charge is 0.454 e. The third kappa shape index (κ3) is 3.91. The zero-order valence-electron chi connectivity index (χ0n) is 16.5. The van der Waals surface area contributed by atoms with Crippen LogP contribution in [0.5, 0.6) is 11.5 Å². The number of nitrogens with zero attached hydrogens (tertiary/aromatic N) is 2. The van der Waals surface area contributed by atoms with Crippen molar-refractivity contribution in [2.75, 3.05) is 6.26 Å². The van der Waals surface area contributed by atoms with Crippen molar-refractivity contribution >= 4 is 20.6 Å². The Balaban J connectivity index is 2.01. The summed E-state index contributed by atoms with van der Waals surface area (Å²) in [7, 11) is -2.01. The molecule has 0 atom stereocenters. The molecule has 0 bridgehead atoms. The van der Waals surface area contributed by atoms with Crippen molar-refractivity contribution in [3.05, 3.63) is 83.0 Å². The van der Waals surface area contributed by atoms with E-state index < -0.39 is 21.5 Å². The van der Waals surface area contributed by atoms with Gasteiger partial charge in [0.15, 0.2) is 21.4 Å². The Bertz CT molecular complexity index is 1500. The third-order valence-corrected chi connectivity index (χ3v) is 5.88. The molecule has 6 nitrogen and oxygen atoms in total. The van der Waals surface area contributed by atoms with E-state index >= 15 is 0 Å². The summed E-state index contributed by atoms with van der Waals surface area (Å²) in [5.41, 5.74) is 0.527. The van der Waals surface area contributed by atoms with Gasteiger partial charge in [-0.15, -0.1) is 0 Å². The lowest BCUT2D eigenvalue weighted by molar-refractivity contribution is 0.438. The summed E-state index contributed by atoms with van der Waals surface area (Å²) in [6, 6.07) is 8.63. The van der Waals surface area contributed by atoms with E-state index in [2.05, 4.69) is 4.98 Å². The number of ether oxygens (including phenoxy) is 1. The second-order valence-corrected chi connectivity index (χ2v) is 9.00. The second kappa shape index (κ2) is 7.59. The molecule has 31 heavy (non-hydrogen) atoms. The van der Waals surface area contributed by atoms with E-state index in [1.807, 2.05) is 0 Å². The van der Waals surface area contributed by atoms with Crippen LogP contribution in [0.15, 0.2) is 70.7 Å². The van der Waals surface area contributed by atoms with E-state index in [0.29, 0.717) is 28.0 Å². The van der Waals surface area contributed by atoms with E-state index in [9.17, 15) is 22.0 Å². The van der Waals surface area contributed by atoms with Crippen molar-refractivity contribution in [2.24, 2.45) is 7.05 Å². The Labute approximate surface area is 176 Å². The number of sulfone groups is 1. The van der Waals surface area contributed by atoms with Crippen LogP contribution in [0.25, 0.3) is 21.9 Å². The van der Waals surface area contributed by atoms with Gasteiger partial charge in [0.1, 0.15) is 11.6 Å². The van der Waals surface area contributed by atoms with E-state index in [4.69, 9.17) is 4.74 Å². The molecule has 2 heterocycles. The van der Waals surface area contributed by atoms with Gasteiger partial charge >= 0.3 is 0 Å². The maximum Gasteiger partial charge on any atom is 0.259 e. The molecule has 0 fully saturated rings. The number of pyridine rings is 2. The Hall–Kier alpha value is -3.59. The molecule has 0 unspecified atom stereocenters. The van der Waals surface area contributed by atoms with Crippen molar-refractivity contribution in [2.45, 2.75) is 4.90 Å². The highest BCUT2D eigenvalue weighted by Gasteiger charge is 2.18. The summed E-state index contributed by atoms with van der Waals surface area (Å²) in [5.74, 6) is -1.76. The maximum absolute atomic E-state index is 14.2. The fraction of sp³-hybridized carbons (Fsp3) is 0.0909. The van der Waals surface area contributed by atoms with Gasteiger partial charge in [-0.1, -0.05) is 0 Å². The second-order valence-electron chi connectivity index (χ2n) is 6.99. The van der Waals surface area contributed by atoms with Crippen LogP contribution in [-0.4, -0.2) is 24.2 Å². The van der Waals surface area contributed by atoms with Crippen LogP contribution in [0.4, 0.5) is 8.78 Å². The Morgan fingerprint density at radius 1 is 0.968 bits per heavy atom. The van der Waals surface area contributed by atoms with E-state index in [1.165, 1.54) is 35.2 Å². The van der Waals surface area contributed by atoms with E-state index in [1.54, 1.807) is 19.3 Å². The molecule has 0 saturated carbocycles. The zero-order valence-corrected chi connectivity index (χ0v) is 17.3. The average Bonchev–Trinajstić information content (AvgIpc) is 2.72. The highest BCUT2D eigenvalue weighted by atomic mass is 32.2. The van der Waals surface area contributed by atoms with Gasteiger partial charge in [-0.3, -0.25) is 9.78 Å². The predicted octanol–water partition coefficient (Wildman–Crippen LogP) is 4.07. The summed E-state index contributed by atoms with van der Waals surface area (Å²) in [6.45, 7) is 0. The van der Waals surface area contributed by atoms with Crippen LogP contribution in [0.2, 0.25) is 0 Å². The molecule has 0 aliphatic carbocycles. The van der Waals surface area contributed by atoms with Gasteiger partial charge in [-0.05, 0) is 41.8 Å². The predicted molar refractivity (Wildman–Crippen MR) is 112 cm³/mol. The van der Waals surface area contributed by atoms with Crippen molar-refractivity contribution in [1.29, 1.82) is 0 Å². The Morgan fingerprint density at radius 3 is 2.42 bits per heavy atom. The fourth-order valence-corrected chi connectivity index (χ4v) is 3.89. The van der Waals surface area contributed by atoms with Crippen LogP contribution < -0.4 is 10.3 Å². The number of aryl methyl sites for hydroxylation is 1. The lowest BCUT2D eigenvalue weighted by atomic mass is 10.0. The number of hydrogen-bond acceptors (Lipinski definition) is 5. The summed E-state index contributed by atoms with van der Waals surface area (Å²) >= 11 is 0. The molecule has 0 spiro atoms. The van der Waals surface area contributed by atoms with Crippen molar-refractivity contribution in [3.63, 3.8) is 0 Å². The fourth-order valence-electron chi connectivity index (χ4n) is 3.24. The molecular formula is C22H16F2N2O4S. The third-order valence-electron chi connectivity index (χ3n) is 4.77. The van der Waals surface area contributed by atoms with Gasteiger partial charge in [-0.2, -0.15) is 0 Å². The number of aromatic nitrogens is 2. The van der Waals surface area contributed by atoms with Gasteiger partial charge in [0.25, 0.3) is 5.56 Å². The summed E-state index contributed by atoms with van der Waals surface area (Å²) in [4.78, 5) is 16.5. The molecule has 0 amide bonds. The average molecular weight is 442 g/mol. The van der Waals surface area contributed by atoms with Crippen LogP contribution in [0.3, 0.4) is 0 Å². The Morgan fingerprint density at radius 2 is 1.71 bits per heavy atom. The summed E-state index contributed by atoms with van der Waals surface area (Å²) in [5, 5.41) is 0.847. The van der Waals surface area contributed by atoms with Crippen molar-refractivity contribution in [1.82, 2.24) is 9.55 Å². The zero-order chi connectivity index (χ0) is 22.3. The molecule has 158 valence electrons. The summed E-state index contributed by atoms with van der Waals surface area (Å²) < 4.78 is 58.8. The molecular weight excluding hydrogens is 426 g/mol. The molecule has 2 aromatic heterocycles. The van der Waals surface area contributed by atoms with Crippen LogP contribution >= 0.6 is 0 Å². The molecule has 9 heteroatoms. The molecule has 0 saturated heterocycles. The van der Waals surface area contributed by atoms with Crippen LogP contribution in [-0.2, 0) is 16.9 Å². The lowest BCUT2D eigenvalue weighted by Gasteiger charge is -2.16. The van der Waals surface area contributed by atoms with Gasteiger partial charge in [0.2, 0.25) is 0 Å².